The van der Waals surface area contributed by atoms with Gasteiger partial charge in [-0.1, -0.05) is 5.16 Å². The summed E-state index contributed by atoms with van der Waals surface area (Å²) >= 11 is 0. The van der Waals surface area contributed by atoms with Crippen LogP contribution in [0.15, 0.2) is 9.70 Å². The topological polar surface area (TPSA) is 55.5 Å². The zero-order valence-corrected chi connectivity index (χ0v) is 4.92. The Morgan fingerprint density at radius 2 is 2.44 bits per heavy atom. The van der Waals surface area contributed by atoms with E-state index in [1.165, 1.54) is 0 Å². The van der Waals surface area contributed by atoms with Gasteiger partial charge >= 0.3 is 0 Å². The molecular formula is C5H5N2O2. The van der Waals surface area contributed by atoms with Crippen molar-refractivity contribution in [3.63, 3.8) is 0 Å². The minimum absolute atomic E-state index is 0.204. The second-order valence-electron chi connectivity index (χ2n) is 1.63. The minimum Gasteiger partial charge on any atom is -0.359 e. The maximum atomic E-state index is 9.92. The third kappa shape index (κ3) is 0.826. The van der Waals surface area contributed by atoms with Gasteiger partial charge in [0.2, 0.25) is 0 Å². The zero-order chi connectivity index (χ0) is 6.85. The van der Waals surface area contributed by atoms with Gasteiger partial charge in [0.1, 0.15) is 5.69 Å². The Balaban J connectivity index is 3.22. The highest BCUT2D eigenvalue weighted by Gasteiger charge is 2.07. The van der Waals surface area contributed by atoms with Crippen LogP contribution in [0, 0.1) is 18.8 Å². The van der Waals surface area contributed by atoms with Gasteiger partial charge in [-0.05, 0) is 12.1 Å². The molecule has 9 heavy (non-hydrogen) atoms. The maximum absolute atomic E-state index is 9.92. The summed E-state index contributed by atoms with van der Waals surface area (Å²) in [4.78, 5) is 9.92. The monoisotopic (exact) mass is 125 g/mol. The first-order chi connectivity index (χ1) is 4.25. The number of nitroso groups, excluding NO2 is 1. The number of nitrogens with zero attached hydrogens (tertiary/aromatic N) is 2. The number of aromatic nitrogens is 1. The van der Waals surface area contributed by atoms with Crippen LogP contribution in [0.5, 0.6) is 0 Å². The second kappa shape index (κ2) is 1.97. The van der Waals surface area contributed by atoms with E-state index in [0.717, 1.165) is 0 Å². The molecule has 0 amide bonds. The molecule has 0 saturated carbocycles. The molecular weight excluding hydrogens is 120 g/mol. The van der Waals surface area contributed by atoms with Crippen molar-refractivity contribution < 1.29 is 4.52 Å². The smallest absolute Gasteiger partial charge is 0.173 e. The van der Waals surface area contributed by atoms with Crippen LogP contribution in [0.2, 0.25) is 0 Å². The molecule has 1 radical (unpaired) electrons. The van der Waals surface area contributed by atoms with Gasteiger partial charge in [0.15, 0.2) is 11.4 Å². The number of aryl methyl sites for hydroxylation is 1. The zero-order valence-electron chi connectivity index (χ0n) is 4.92. The van der Waals surface area contributed by atoms with Crippen LogP contribution in [0.3, 0.4) is 0 Å². The quantitative estimate of drug-likeness (QED) is 0.535. The van der Waals surface area contributed by atoms with Crippen molar-refractivity contribution >= 4 is 5.69 Å². The first-order valence-electron chi connectivity index (χ1n) is 2.37. The maximum Gasteiger partial charge on any atom is 0.173 e. The molecule has 0 unspecified atom stereocenters. The number of hydrogen-bond acceptors (Lipinski definition) is 4. The van der Waals surface area contributed by atoms with E-state index in [0.29, 0.717) is 11.5 Å². The van der Waals surface area contributed by atoms with Crippen molar-refractivity contribution in [2.24, 2.45) is 5.18 Å². The highest BCUT2D eigenvalue weighted by molar-refractivity contribution is 5.45. The van der Waals surface area contributed by atoms with Crippen LogP contribution in [0.4, 0.5) is 5.69 Å². The fourth-order valence-corrected chi connectivity index (χ4v) is 0.530. The van der Waals surface area contributed by atoms with Crippen LogP contribution in [-0.4, -0.2) is 5.16 Å². The normalized spacial score (nSPS) is 9.56. The lowest BCUT2D eigenvalue weighted by Crippen LogP contribution is -1.66. The van der Waals surface area contributed by atoms with Crippen LogP contribution in [-0.2, 0) is 0 Å². The first kappa shape index (κ1) is 5.94. The lowest BCUT2D eigenvalue weighted by Gasteiger charge is -1.77. The Hall–Kier alpha value is -1.19. The Morgan fingerprint density at radius 1 is 1.78 bits per heavy atom. The molecule has 0 aromatic carbocycles. The molecule has 0 aliphatic carbocycles. The highest BCUT2D eigenvalue weighted by atomic mass is 16.5. The van der Waals surface area contributed by atoms with Gasteiger partial charge in [0.05, 0.1) is 0 Å². The molecule has 4 heteroatoms. The third-order valence-corrected chi connectivity index (χ3v) is 0.991. The predicted molar refractivity (Wildman–Crippen MR) is 31.2 cm³/mol. The van der Waals surface area contributed by atoms with Gasteiger partial charge in [-0.3, -0.25) is 0 Å². The van der Waals surface area contributed by atoms with E-state index >= 15 is 0 Å². The molecule has 0 N–H and O–H groups in total. The van der Waals surface area contributed by atoms with Crippen LogP contribution in [0.1, 0.15) is 11.5 Å². The van der Waals surface area contributed by atoms with Crippen molar-refractivity contribution in [1.29, 1.82) is 0 Å². The number of rotatable bonds is 1. The minimum atomic E-state index is 0.204. The molecule has 0 aliphatic heterocycles. The van der Waals surface area contributed by atoms with E-state index in [1.54, 1.807) is 6.92 Å². The molecule has 0 saturated heterocycles. The Bertz CT molecular complexity index is 209. The fourth-order valence-electron chi connectivity index (χ4n) is 0.530. The van der Waals surface area contributed by atoms with Gasteiger partial charge < -0.3 is 4.52 Å². The Kier molecular flexibility index (Phi) is 1.30. The molecule has 1 rings (SSSR count). The van der Waals surface area contributed by atoms with Gasteiger partial charge in [0.25, 0.3) is 0 Å². The van der Waals surface area contributed by atoms with Gasteiger partial charge in [-0.25, -0.2) is 0 Å². The van der Waals surface area contributed by atoms with Crippen molar-refractivity contribution in [2.75, 3.05) is 0 Å². The average Bonchev–Trinajstić information content (AvgIpc) is 2.12. The molecule has 0 spiro atoms. The van der Waals surface area contributed by atoms with E-state index in [4.69, 9.17) is 0 Å². The third-order valence-electron chi connectivity index (χ3n) is 0.991. The molecule has 1 heterocycles. The summed E-state index contributed by atoms with van der Waals surface area (Å²) in [6, 6.07) is 0. The van der Waals surface area contributed by atoms with Crippen molar-refractivity contribution in [2.45, 2.75) is 6.92 Å². The van der Waals surface area contributed by atoms with Crippen molar-refractivity contribution in [3.05, 3.63) is 23.3 Å². The molecule has 0 atom stereocenters. The van der Waals surface area contributed by atoms with Crippen molar-refractivity contribution in [1.82, 2.24) is 5.16 Å². The second-order valence-corrected chi connectivity index (χ2v) is 1.63. The van der Waals surface area contributed by atoms with E-state index in [-0.39, 0.29) is 5.69 Å². The molecule has 1 aromatic rings. The summed E-state index contributed by atoms with van der Waals surface area (Å²) in [6.07, 6.45) is 0. The van der Waals surface area contributed by atoms with E-state index in [2.05, 4.69) is 21.8 Å². The average molecular weight is 125 g/mol. The summed E-state index contributed by atoms with van der Waals surface area (Å²) in [7, 11) is 0. The fraction of sp³-hybridized carbons (Fsp3) is 0.200. The Labute approximate surface area is 51.8 Å². The summed E-state index contributed by atoms with van der Waals surface area (Å²) in [5.74, 6) is 0.412. The molecule has 0 fully saturated rings. The largest absolute Gasteiger partial charge is 0.359 e. The van der Waals surface area contributed by atoms with E-state index < -0.39 is 0 Å². The lowest BCUT2D eigenvalue weighted by atomic mass is 10.3. The van der Waals surface area contributed by atoms with Crippen LogP contribution < -0.4 is 0 Å². The summed E-state index contributed by atoms with van der Waals surface area (Å²) in [5, 5.41) is 6.07. The molecule has 1 aromatic heterocycles. The standard InChI is InChI=1S/C5H5N2O2/c1-3-5(6-8)4(2)9-7-3/h1H2,2H3. The highest BCUT2D eigenvalue weighted by Crippen LogP contribution is 2.20. The Morgan fingerprint density at radius 3 is 2.67 bits per heavy atom. The summed E-state index contributed by atoms with van der Waals surface area (Å²) in [5.41, 5.74) is 0.498. The lowest BCUT2D eigenvalue weighted by molar-refractivity contribution is 0.395. The van der Waals surface area contributed by atoms with Crippen LogP contribution >= 0.6 is 0 Å². The molecule has 0 aliphatic rings. The predicted octanol–water partition coefficient (Wildman–Crippen LogP) is 1.56. The van der Waals surface area contributed by atoms with E-state index in [9.17, 15) is 4.91 Å². The molecule has 0 bridgehead atoms. The molecule has 4 nitrogen and oxygen atoms in total. The number of hydrogen-bond donors (Lipinski definition) is 0. The SMILES string of the molecule is [CH2]c1noc(C)c1N=O. The van der Waals surface area contributed by atoms with Gasteiger partial charge in [0, 0.05) is 6.92 Å². The van der Waals surface area contributed by atoms with Gasteiger partial charge in [-0.2, -0.15) is 0 Å². The summed E-state index contributed by atoms with van der Waals surface area (Å²) in [6.45, 7) is 5.02. The van der Waals surface area contributed by atoms with E-state index in [1.807, 2.05) is 0 Å². The molecule has 47 valence electrons. The first-order valence-corrected chi connectivity index (χ1v) is 2.37. The van der Waals surface area contributed by atoms with Gasteiger partial charge in [-0.15, -0.1) is 4.91 Å². The van der Waals surface area contributed by atoms with Crippen molar-refractivity contribution in [3.8, 4) is 0 Å². The van der Waals surface area contributed by atoms with Crippen LogP contribution in [0.25, 0.3) is 0 Å². The summed E-state index contributed by atoms with van der Waals surface area (Å²) < 4.78 is 4.58.